The Morgan fingerprint density at radius 3 is 2.62 bits per heavy atom. The van der Waals surface area contributed by atoms with Gasteiger partial charge in [0.2, 0.25) is 5.91 Å². The molecule has 2 aromatic carbocycles. The molecule has 0 radical (unpaired) electrons. The van der Waals surface area contributed by atoms with Gasteiger partial charge in [0.05, 0.1) is 18.9 Å². The van der Waals surface area contributed by atoms with Gasteiger partial charge in [0.15, 0.2) is 0 Å². The fourth-order valence-corrected chi connectivity index (χ4v) is 4.02. The molecular weight excluding hydrogens is 318 g/mol. The predicted molar refractivity (Wildman–Crippen MR) is 99.3 cm³/mol. The largest absolute Gasteiger partial charge is 0.497 e. The molecule has 1 fully saturated rings. The molecule has 1 atom stereocenters. The normalized spacial score (nSPS) is 17.0. The number of ether oxygens (including phenoxy) is 1. The van der Waals surface area contributed by atoms with Gasteiger partial charge in [0.1, 0.15) is 5.75 Å². The standard InChI is InChI=1S/C20H23NO2S/c1-23-18-11-9-17(10-12-18)19-8-5-13-21(19)20(22)15-24-14-16-6-3-2-4-7-16/h2-4,6-7,9-12,19H,5,8,13-15H2,1H3/t19-/m1/s1. The van der Waals surface area contributed by atoms with E-state index in [0.717, 1.165) is 30.9 Å². The molecule has 1 aliphatic rings. The van der Waals surface area contributed by atoms with Crippen molar-refractivity contribution in [1.29, 1.82) is 0 Å². The highest BCUT2D eigenvalue weighted by Crippen LogP contribution is 2.33. The second-order valence-corrected chi connectivity index (χ2v) is 6.98. The van der Waals surface area contributed by atoms with Crippen molar-refractivity contribution in [3.63, 3.8) is 0 Å². The average Bonchev–Trinajstić information content (AvgIpc) is 3.12. The molecule has 0 spiro atoms. The van der Waals surface area contributed by atoms with Gasteiger partial charge in [-0.3, -0.25) is 4.79 Å². The Hall–Kier alpha value is -1.94. The highest BCUT2D eigenvalue weighted by Gasteiger charge is 2.29. The summed E-state index contributed by atoms with van der Waals surface area (Å²) >= 11 is 1.69. The maximum atomic E-state index is 12.6. The summed E-state index contributed by atoms with van der Waals surface area (Å²) in [4.78, 5) is 14.7. The first-order chi connectivity index (χ1) is 11.8. The van der Waals surface area contributed by atoms with Gasteiger partial charge in [-0.2, -0.15) is 0 Å². The lowest BCUT2D eigenvalue weighted by Crippen LogP contribution is -2.32. The van der Waals surface area contributed by atoms with Crippen LogP contribution in [-0.4, -0.2) is 30.2 Å². The molecule has 0 bridgehead atoms. The van der Waals surface area contributed by atoms with E-state index in [9.17, 15) is 4.79 Å². The highest BCUT2D eigenvalue weighted by atomic mass is 32.2. The smallest absolute Gasteiger partial charge is 0.233 e. The Morgan fingerprint density at radius 1 is 1.17 bits per heavy atom. The van der Waals surface area contributed by atoms with E-state index in [1.54, 1.807) is 18.9 Å². The number of nitrogens with zero attached hydrogens (tertiary/aromatic N) is 1. The SMILES string of the molecule is COc1ccc([C@H]2CCCN2C(=O)CSCc2ccccc2)cc1. The molecule has 0 unspecified atom stereocenters. The number of carbonyl (C=O) groups excluding carboxylic acids is 1. The minimum absolute atomic E-state index is 0.209. The lowest BCUT2D eigenvalue weighted by atomic mass is 10.0. The van der Waals surface area contributed by atoms with Gasteiger partial charge in [0, 0.05) is 12.3 Å². The third-order valence-electron chi connectivity index (χ3n) is 4.41. The summed E-state index contributed by atoms with van der Waals surface area (Å²) in [5.74, 6) is 2.53. The summed E-state index contributed by atoms with van der Waals surface area (Å²) in [5, 5.41) is 0. The van der Waals surface area contributed by atoms with E-state index in [1.807, 2.05) is 35.2 Å². The maximum Gasteiger partial charge on any atom is 0.233 e. The number of carbonyl (C=O) groups is 1. The van der Waals surface area contributed by atoms with E-state index in [2.05, 4.69) is 24.3 Å². The first-order valence-electron chi connectivity index (χ1n) is 8.33. The van der Waals surface area contributed by atoms with E-state index in [0.29, 0.717) is 5.75 Å². The number of likely N-dealkylation sites (tertiary alicyclic amines) is 1. The Balaban J connectivity index is 1.56. The summed E-state index contributed by atoms with van der Waals surface area (Å²) in [6, 6.07) is 18.6. The number of benzene rings is 2. The highest BCUT2D eigenvalue weighted by molar-refractivity contribution is 7.99. The summed E-state index contributed by atoms with van der Waals surface area (Å²) in [7, 11) is 1.67. The Bertz CT molecular complexity index is 657. The van der Waals surface area contributed by atoms with Crippen molar-refractivity contribution in [3.05, 3.63) is 65.7 Å². The minimum atomic E-state index is 0.209. The van der Waals surface area contributed by atoms with Crippen LogP contribution in [0.3, 0.4) is 0 Å². The average molecular weight is 341 g/mol. The van der Waals surface area contributed by atoms with Crippen molar-refractivity contribution in [1.82, 2.24) is 4.90 Å². The molecule has 24 heavy (non-hydrogen) atoms. The molecule has 0 N–H and O–H groups in total. The fraction of sp³-hybridized carbons (Fsp3) is 0.350. The second-order valence-electron chi connectivity index (χ2n) is 6.00. The summed E-state index contributed by atoms with van der Waals surface area (Å²) in [6.45, 7) is 0.863. The number of rotatable bonds is 6. The van der Waals surface area contributed by atoms with Gasteiger partial charge in [-0.1, -0.05) is 42.5 Å². The number of hydrogen-bond donors (Lipinski definition) is 0. The van der Waals surface area contributed by atoms with E-state index < -0.39 is 0 Å². The summed E-state index contributed by atoms with van der Waals surface area (Å²) < 4.78 is 5.22. The molecule has 3 rings (SSSR count). The van der Waals surface area contributed by atoms with E-state index >= 15 is 0 Å². The van der Waals surface area contributed by atoms with Gasteiger partial charge in [-0.05, 0) is 36.1 Å². The third-order valence-corrected chi connectivity index (χ3v) is 5.40. The van der Waals surface area contributed by atoms with Crippen molar-refractivity contribution >= 4 is 17.7 Å². The molecule has 4 heteroatoms. The van der Waals surface area contributed by atoms with E-state index in [4.69, 9.17) is 4.74 Å². The van der Waals surface area contributed by atoms with Crippen LogP contribution in [0.5, 0.6) is 5.75 Å². The van der Waals surface area contributed by atoms with Crippen LogP contribution in [0.15, 0.2) is 54.6 Å². The number of thioether (sulfide) groups is 1. The van der Waals surface area contributed by atoms with Crippen LogP contribution in [0.1, 0.15) is 30.0 Å². The van der Waals surface area contributed by atoms with Crippen LogP contribution < -0.4 is 4.74 Å². The van der Waals surface area contributed by atoms with Gasteiger partial charge < -0.3 is 9.64 Å². The molecule has 0 aromatic heterocycles. The van der Waals surface area contributed by atoms with Crippen LogP contribution in [-0.2, 0) is 10.5 Å². The number of amides is 1. The zero-order chi connectivity index (χ0) is 16.8. The molecule has 3 nitrogen and oxygen atoms in total. The van der Waals surface area contributed by atoms with Gasteiger partial charge in [-0.25, -0.2) is 0 Å². The third kappa shape index (κ3) is 4.12. The van der Waals surface area contributed by atoms with E-state index in [-0.39, 0.29) is 11.9 Å². The zero-order valence-electron chi connectivity index (χ0n) is 14.0. The molecule has 1 saturated heterocycles. The van der Waals surface area contributed by atoms with Crippen LogP contribution in [0.2, 0.25) is 0 Å². The van der Waals surface area contributed by atoms with Crippen molar-refractivity contribution in [2.75, 3.05) is 19.4 Å². The van der Waals surface area contributed by atoms with Crippen molar-refractivity contribution in [2.24, 2.45) is 0 Å². The number of hydrogen-bond acceptors (Lipinski definition) is 3. The first kappa shape index (κ1) is 16.9. The molecule has 0 saturated carbocycles. The molecule has 0 aliphatic carbocycles. The molecule has 1 aliphatic heterocycles. The monoisotopic (exact) mass is 341 g/mol. The Kier molecular flexibility index (Phi) is 5.81. The lowest BCUT2D eigenvalue weighted by molar-refractivity contribution is -0.129. The Morgan fingerprint density at radius 2 is 1.92 bits per heavy atom. The molecule has 1 heterocycles. The maximum absolute atomic E-state index is 12.6. The van der Waals surface area contributed by atoms with Crippen molar-refractivity contribution < 1.29 is 9.53 Å². The van der Waals surface area contributed by atoms with Gasteiger partial charge in [-0.15, -0.1) is 11.8 Å². The van der Waals surface area contributed by atoms with Crippen molar-refractivity contribution in [2.45, 2.75) is 24.6 Å². The predicted octanol–water partition coefficient (Wildman–Crippen LogP) is 4.29. The quantitative estimate of drug-likeness (QED) is 0.785. The van der Waals surface area contributed by atoms with Gasteiger partial charge in [0.25, 0.3) is 0 Å². The zero-order valence-corrected chi connectivity index (χ0v) is 14.8. The van der Waals surface area contributed by atoms with Gasteiger partial charge >= 0.3 is 0 Å². The molecule has 126 valence electrons. The molecule has 1 amide bonds. The topological polar surface area (TPSA) is 29.5 Å². The van der Waals surface area contributed by atoms with Crippen molar-refractivity contribution in [3.8, 4) is 5.75 Å². The van der Waals surface area contributed by atoms with E-state index in [1.165, 1.54) is 11.1 Å². The Labute approximate surface area is 148 Å². The second kappa shape index (κ2) is 8.25. The van der Waals surface area contributed by atoms with Crippen LogP contribution in [0.25, 0.3) is 0 Å². The molecular formula is C20H23NO2S. The fourth-order valence-electron chi connectivity index (χ4n) is 3.15. The lowest BCUT2D eigenvalue weighted by Gasteiger charge is -2.25. The first-order valence-corrected chi connectivity index (χ1v) is 9.48. The summed E-state index contributed by atoms with van der Waals surface area (Å²) in [6.07, 6.45) is 2.12. The number of methoxy groups -OCH3 is 1. The van der Waals surface area contributed by atoms with Crippen LogP contribution >= 0.6 is 11.8 Å². The van der Waals surface area contributed by atoms with Crippen LogP contribution in [0, 0.1) is 0 Å². The summed E-state index contributed by atoms with van der Waals surface area (Å²) in [5.41, 5.74) is 2.47. The minimum Gasteiger partial charge on any atom is -0.497 e. The molecule has 2 aromatic rings. The van der Waals surface area contributed by atoms with Crippen LogP contribution in [0.4, 0.5) is 0 Å².